The molecule has 0 saturated carbocycles. The summed E-state index contributed by atoms with van der Waals surface area (Å²) in [5.41, 5.74) is 1.76. The number of carbonyl (C=O) groups excluding carboxylic acids is 1. The van der Waals surface area contributed by atoms with Gasteiger partial charge in [-0.05, 0) is 66.5 Å². The van der Waals surface area contributed by atoms with Crippen molar-refractivity contribution in [1.29, 1.82) is 0 Å². The largest absolute Gasteiger partial charge is 0.743 e. The van der Waals surface area contributed by atoms with Gasteiger partial charge in [0.1, 0.15) is 0 Å². The van der Waals surface area contributed by atoms with Crippen LogP contribution in [0.1, 0.15) is 79.9 Å². The average molecular weight is 721 g/mol. The highest BCUT2D eigenvalue weighted by Gasteiger charge is 2.63. The number of halogens is 6. The predicted octanol–water partition coefficient (Wildman–Crippen LogP) is 4.44. The highest BCUT2D eigenvalue weighted by Crippen LogP contribution is 2.39. The van der Waals surface area contributed by atoms with E-state index in [2.05, 4.69) is 94.8 Å². The van der Waals surface area contributed by atoms with Crippen LogP contribution in [-0.2, 0) is 30.5 Å². The Morgan fingerprint density at radius 3 is 1.37 bits per heavy atom. The van der Waals surface area contributed by atoms with Crippen LogP contribution in [0, 0.1) is 12.6 Å². The summed E-state index contributed by atoms with van der Waals surface area (Å²) in [6.07, 6.45) is -10.3. The van der Waals surface area contributed by atoms with Crippen molar-refractivity contribution < 1.29 is 65.7 Å². The number of benzene rings is 2. The maximum absolute atomic E-state index is 13.0. The minimum absolute atomic E-state index is 0.0495. The molecule has 0 radical (unpaired) electrons. The van der Waals surface area contributed by atoms with E-state index in [1.165, 1.54) is 25.2 Å². The number of esters is 1. The first-order valence-corrected chi connectivity index (χ1v) is 16.3. The van der Waals surface area contributed by atoms with Gasteiger partial charge in [-0.1, -0.05) is 72.7 Å². The third kappa shape index (κ3) is 10.8. The van der Waals surface area contributed by atoms with Crippen LogP contribution in [0.2, 0.25) is 0 Å². The van der Waals surface area contributed by atoms with Crippen LogP contribution >= 0.6 is 0 Å². The van der Waals surface area contributed by atoms with Crippen LogP contribution in [0.3, 0.4) is 0 Å². The summed E-state index contributed by atoms with van der Waals surface area (Å²) in [4.78, 5) is 11.4. The molecule has 5 nitrogen and oxygen atoms in total. The Balaban J connectivity index is 0.000000411. The maximum Gasteiger partial charge on any atom is 0.432 e. The fraction of sp³-hybridized carbons (Fsp3) is 0.552. The third-order valence-corrected chi connectivity index (χ3v) is 9.80. The number of hydrogen-bond acceptors (Lipinski definition) is 5. The van der Waals surface area contributed by atoms with Gasteiger partial charge in [-0.15, -0.1) is 0 Å². The van der Waals surface area contributed by atoms with Crippen molar-refractivity contribution in [1.82, 2.24) is 0 Å². The molecule has 0 aromatic heterocycles. The van der Waals surface area contributed by atoms with Gasteiger partial charge >= 0.3 is 38.6 Å². The average Bonchev–Trinajstić information content (AvgIpc) is 2.80. The van der Waals surface area contributed by atoms with Gasteiger partial charge in [-0.25, -0.2) is 8.42 Å². The van der Waals surface area contributed by atoms with Crippen LogP contribution < -0.4 is 21.2 Å². The van der Waals surface area contributed by atoms with Gasteiger partial charge < -0.3 is 9.29 Å². The standard InChI is InChI=1S/C20H26I.C9H13F5O5S/c1-19(2,3)15-7-11-17(12-8-15)21-18-13-9-16(10-14-18)20(4,5)6;1-4-7(2,3)6(15)19-5(8(10,11)12)9(13,14)20(16,17)18/h7-14H,1-6H3;5H,4H2,1-3H3,(H,16,17,18)/q+1;/p-1. The molecule has 0 saturated heterocycles. The van der Waals surface area contributed by atoms with Crippen molar-refractivity contribution in [2.24, 2.45) is 5.41 Å². The molecular formula is C29H38F5IO5S. The second kappa shape index (κ2) is 13.2. The molecule has 2 rings (SSSR count). The van der Waals surface area contributed by atoms with Crippen molar-refractivity contribution in [3.05, 3.63) is 66.8 Å². The van der Waals surface area contributed by atoms with E-state index in [1.807, 2.05) is 0 Å². The first kappa shape index (κ1) is 37.2. The summed E-state index contributed by atoms with van der Waals surface area (Å²) in [7, 11) is -6.66. The van der Waals surface area contributed by atoms with Gasteiger partial charge in [0, 0.05) is 0 Å². The Morgan fingerprint density at radius 1 is 0.780 bits per heavy atom. The first-order valence-electron chi connectivity index (χ1n) is 12.7. The van der Waals surface area contributed by atoms with Crippen molar-refractivity contribution in [3.63, 3.8) is 0 Å². The lowest BCUT2D eigenvalue weighted by Crippen LogP contribution is -3.61. The number of ether oxygens (including phenoxy) is 1. The molecule has 0 fully saturated rings. The number of rotatable bonds is 7. The zero-order valence-corrected chi connectivity index (χ0v) is 27.6. The monoisotopic (exact) mass is 720 g/mol. The van der Waals surface area contributed by atoms with E-state index in [0.29, 0.717) is 0 Å². The van der Waals surface area contributed by atoms with E-state index in [-0.39, 0.29) is 38.5 Å². The lowest BCUT2D eigenvalue weighted by molar-refractivity contribution is -0.597. The van der Waals surface area contributed by atoms with Gasteiger partial charge in [0.2, 0.25) is 0 Å². The van der Waals surface area contributed by atoms with Gasteiger partial charge in [-0.2, -0.15) is 22.0 Å². The summed E-state index contributed by atoms with van der Waals surface area (Å²) < 4.78 is 101. The van der Waals surface area contributed by atoms with Crippen LogP contribution in [0.5, 0.6) is 0 Å². The molecule has 232 valence electrons. The molecule has 0 spiro atoms. The Kier molecular flexibility index (Phi) is 12.0. The second-order valence-electron chi connectivity index (χ2n) is 12.2. The minimum atomic E-state index is -6.66. The maximum atomic E-state index is 13.0. The lowest BCUT2D eigenvalue weighted by atomic mass is 9.87. The Bertz CT molecular complexity index is 1200. The fourth-order valence-corrected chi connectivity index (χ4v) is 5.62. The van der Waals surface area contributed by atoms with Crippen molar-refractivity contribution in [3.8, 4) is 0 Å². The molecule has 41 heavy (non-hydrogen) atoms. The van der Waals surface area contributed by atoms with Crippen LogP contribution in [0.4, 0.5) is 22.0 Å². The molecule has 0 aliphatic rings. The zero-order chi connectivity index (χ0) is 32.2. The van der Waals surface area contributed by atoms with Gasteiger partial charge in [0.15, 0.2) is 17.3 Å². The molecule has 0 aliphatic heterocycles. The summed E-state index contributed by atoms with van der Waals surface area (Å²) in [6, 6.07) is 18.4. The van der Waals surface area contributed by atoms with Gasteiger partial charge in [-0.3, -0.25) is 4.79 Å². The SMILES string of the molecule is CC(C)(C)c1ccc([I+]c2ccc(C(C)(C)C)cc2)cc1.CCC(C)(C)C(=O)OC(C(F)(F)F)C(F)(F)S(=O)(=O)[O-]. The Labute approximate surface area is 250 Å². The molecule has 0 bridgehead atoms. The topological polar surface area (TPSA) is 83.5 Å². The lowest BCUT2D eigenvalue weighted by Gasteiger charge is -2.32. The summed E-state index contributed by atoms with van der Waals surface area (Å²) in [6.45, 7) is 17.2. The quantitative estimate of drug-likeness (QED) is 0.183. The highest BCUT2D eigenvalue weighted by atomic mass is 127. The van der Waals surface area contributed by atoms with E-state index < -0.39 is 39.0 Å². The van der Waals surface area contributed by atoms with Crippen molar-refractivity contribution in [2.75, 3.05) is 0 Å². The third-order valence-electron chi connectivity index (χ3n) is 6.24. The molecule has 2 aromatic rings. The van der Waals surface area contributed by atoms with Gasteiger partial charge in [0.25, 0.3) is 6.10 Å². The van der Waals surface area contributed by atoms with E-state index in [4.69, 9.17) is 0 Å². The van der Waals surface area contributed by atoms with E-state index in [9.17, 15) is 39.7 Å². The fourth-order valence-electron chi connectivity index (χ4n) is 3.02. The number of alkyl halides is 5. The van der Waals surface area contributed by atoms with Crippen LogP contribution in [-0.4, -0.2) is 36.5 Å². The molecule has 0 amide bonds. The van der Waals surface area contributed by atoms with Crippen molar-refractivity contribution >= 4 is 16.1 Å². The Hall–Kier alpha value is -1.80. The summed E-state index contributed by atoms with van der Waals surface area (Å²) in [5.74, 6) is -1.69. The zero-order valence-electron chi connectivity index (χ0n) is 24.6. The number of hydrogen-bond donors (Lipinski definition) is 0. The van der Waals surface area contributed by atoms with E-state index in [1.54, 1.807) is 0 Å². The Morgan fingerprint density at radius 2 is 1.12 bits per heavy atom. The van der Waals surface area contributed by atoms with Crippen LogP contribution in [0.15, 0.2) is 48.5 Å². The molecule has 2 aromatic carbocycles. The molecular weight excluding hydrogens is 682 g/mol. The summed E-state index contributed by atoms with van der Waals surface area (Å²) >= 11 is -0.0703. The summed E-state index contributed by atoms with van der Waals surface area (Å²) in [5, 5.41) is -5.81. The molecule has 0 aliphatic carbocycles. The molecule has 1 atom stereocenters. The first-order chi connectivity index (χ1) is 18.2. The molecule has 1 unspecified atom stereocenters. The minimum Gasteiger partial charge on any atom is -0.743 e. The van der Waals surface area contributed by atoms with Crippen molar-refractivity contribution in [2.45, 2.75) is 97.1 Å². The van der Waals surface area contributed by atoms with E-state index in [0.717, 1.165) is 13.8 Å². The smallest absolute Gasteiger partial charge is 0.432 e. The van der Waals surface area contributed by atoms with Gasteiger partial charge in [0.05, 0.1) is 5.41 Å². The molecule has 12 heteroatoms. The van der Waals surface area contributed by atoms with E-state index >= 15 is 0 Å². The molecule has 0 N–H and O–H groups in total. The normalized spacial score (nSPS) is 14.1. The second-order valence-corrected chi connectivity index (χ2v) is 16.7. The number of carbonyl (C=O) groups is 1. The molecule has 0 heterocycles. The van der Waals surface area contributed by atoms with Crippen LogP contribution in [0.25, 0.3) is 0 Å². The highest BCUT2D eigenvalue weighted by molar-refractivity contribution is 7.86. The predicted molar refractivity (Wildman–Crippen MR) is 142 cm³/mol.